The van der Waals surface area contributed by atoms with Crippen LogP contribution in [0.4, 0.5) is 14.6 Å². The van der Waals surface area contributed by atoms with Gasteiger partial charge in [0.25, 0.3) is 0 Å². The maximum atomic E-state index is 13.1. The SMILES string of the molecule is CC(C)c1cnn(-c2ccc(F)c(F)c2)c1N. The number of benzene rings is 1. The lowest BCUT2D eigenvalue weighted by Crippen LogP contribution is -2.04. The molecule has 0 saturated carbocycles. The molecule has 2 rings (SSSR count). The van der Waals surface area contributed by atoms with E-state index < -0.39 is 11.6 Å². The Morgan fingerprint density at radius 2 is 1.94 bits per heavy atom. The fraction of sp³-hybridized carbons (Fsp3) is 0.250. The van der Waals surface area contributed by atoms with Crippen LogP contribution in [0, 0.1) is 11.6 Å². The van der Waals surface area contributed by atoms with E-state index in [2.05, 4.69) is 5.10 Å². The molecule has 1 aromatic heterocycles. The van der Waals surface area contributed by atoms with Gasteiger partial charge in [0, 0.05) is 11.6 Å². The van der Waals surface area contributed by atoms with Crippen molar-refractivity contribution in [1.29, 1.82) is 0 Å². The highest BCUT2D eigenvalue weighted by Crippen LogP contribution is 2.24. The van der Waals surface area contributed by atoms with Crippen LogP contribution in [-0.4, -0.2) is 9.78 Å². The van der Waals surface area contributed by atoms with Crippen LogP contribution in [0.5, 0.6) is 0 Å². The van der Waals surface area contributed by atoms with Gasteiger partial charge in [-0.2, -0.15) is 5.10 Å². The average molecular weight is 237 g/mol. The van der Waals surface area contributed by atoms with Crippen LogP contribution in [0.25, 0.3) is 5.69 Å². The lowest BCUT2D eigenvalue weighted by molar-refractivity contribution is 0.507. The van der Waals surface area contributed by atoms with Crippen molar-refractivity contribution < 1.29 is 8.78 Å². The fourth-order valence-electron chi connectivity index (χ4n) is 1.64. The van der Waals surface area contributed by atoms with Gasteiger partial charge in [0.05, 0.1) is 11.9 Å². The molecular formula is C12H13F2N3. The van der Waals surface area contributed by atoms with E-state index >= 15 is 0 Å². The Bertz CT molecular complexity index is 547. The number of nitrogen functional groups attached to an aromatic ring is 1. The number of aromatic nitrogens is 2. The molecule has 0 aliphatic carbocycles. The van der Waals surface area contributed by atoms with E-state index in [0.717, 1.165) is 17.7 Å². The predicted octanol–water partition coefficient (Wildman–Crippen LogP) is 2.86. The summed E-state index contributed by atoms with van der Waals surface area (Å²) in [6.07, 6.45) is 1.64. The standard InChI is InChI=1S/C12H13F2N3/c1-7(2)9-6-16-17(12(9)15)8-3-4-10(13)11(14)5-8/h3-7H,15H2,1-2H3. The smallest absolute Gasteiger partial charge is 0.160 e. The maximum Gasteiger partial charge on any atom is 0.160 e. The lowest BCUT2D eigenvalue weighted by atomic mass is 10.1. The summed E-state index contributed by atoms with van der Waals surface area (Å²) in [7, 11) is 0. The molecule has 0 saturated heterocycles. The Morgan fingerprint density at radius 3 is 2.47 bits per heavy atom. The third kappa shape index (κ3) is 2.00. The molecule has 0 unspecified atom stereocenters. The summed E-state index contributed by atoms with van der Waals surface area (Å²) < 4.78 is 27.3. The van der Waals surface area contributed by atoms with E-state index in [4.69, 9.17) is 5.73 Å². The van der Waals surface area contributed by atoms with E-state index in [9.17, 15) is 8.78 Å². The van der Waals surface area contributed by atoms with E-state index in [-0.39, 0.29) is 5.92 Å². The number of nitrogens with two attached hydrogens (primary N) is 1. The highest BCUT2D eigenvalue weighted by Gasteiger charge is 2.13. The summed E-state index contributed by atoms with van der Waals surface area (Å²) in [5.41, 5.74) is 7.20. The highest BCUT2D eigenvalue weighted by molar-refractivity contribution is 5.48. The number of nitrogens with zero attached hydrogens (tertiary/aromatic N) is 2. The van der Waals surface area contributed by atoms with Crippen molar-refractivity contribution in [1.82, 2.24) is 9.78 Å². The summed E-state index contributed by atoms with van der Waals surface area (Å²) in [5.74, 6) is -1.12. The zero-order chi connectivity index (χ0) is 12.6. The van der Waals surface area contributed by atoms with Gasteiger partial charge in [0.15, 0.2) is 11.6 Å². The van der Waals surface area contributed by atoms with Gasteiger partial charge in [-0.3, -0.25) is 0 Å². The molecule has 2 aromatic rings. The Balaban J connectivity index is 2.50. The van der Waals surface area contributed by atoms with E-state index in [1.54, 1.807) is 6.20 Å². The molecule has 0 bridgehead atoms. The van der Waals surface area contributed by atoms with Gasteiger partial charge in [0.1, 0.15) is 5.82 Å². The number of anilines is 1. The Labute approximate surface area is 97.9 Å². The topological polar surface area (TPSA) is 43.8 Å². The number of hydrogen-bond acceptors (Lipinski definition) is 2. The molecule has 1 heterocycles. The van der Waals surface area contributed by atoms with Crippen LogP contribution in [0.15, 0.2) is 24.4 Å². The zero-order valence-corrected chi connectivity index (χ0v) is 9.61. The van der Waals surface area contributed by atoms with Crippen molar-refractivity contribution in [3.63, 3.8) is 0 Å². The molecule has 0 radical (unpaired) electrons. The minimum Gasteiger partial charge on any atom is -0.383 e. The van der Waals surface area contributed by atoms with E-state index in [1.807, 2.05) is 13.8 Å². The first kappa shape index (κ1) is 11.6. The molecule has 2 N–H and O–H groups in total. The molecule has 0 aliphatic rings. The molecule has 90 valence electrons. The molecule has 0 atom stereocenters. The predicted molar refractivity (Wildman–Crippen MR) is 62.0 cm³/mol. The van der Waals surface area contributed by atoms with Crippen molar-refractivity contribution in [2.24, 2.45) is 0 Å². The second-order valence-corrected chi connectivity index (χ2v) is 4.15. The van der Waals surface area contributed by atoms with Gasteiger partial charge < -0.3 is 5.73 Å². The van der Waals surface area contributed by atoms with Crippen LogP contribution in [0.2, 0.25) is 0 Å². The lowest BCUT2D eigenvalue weighted by Gasteiger charge is -2.07. The van der Waals surface area contributed by atoms with Crippen LogP contribution < -0.4 is 5.73 Å². The Kier molecular flexibility index (Phi) is 2.83. The Hall–Kier alpha value is -1.91. The monoisotopic (exact) mass is 237 g/mol. The number of rotatable bonds is 2. The first-order valence-electron chi connectivity index (χ1n) is 5.29. The highest BCUT2D eigenvalue weighted by atomic mass is 19.2. The molecule has 5 heteroatoms. The minimum absolute atomic E-state index is 0.231. The average Bonchev–Trinajstić information content (AvgIpc) is 2.64. The third-order valence-electron chi connectivity index (χ3n) is 2.61. The van der Waals surface area contributed by atoms with Crippen molar-refractivity contribution in [2.45, 2.75) is 19.8 Å². The van der Waals surface area contributed by atoms with Gasteiger partial charge >= 0.3 is 0 Å². The van der Waals surface area contributed by atoms with E-state index in [1.165, 1.54) is 10.7 Å². The molecule has 0 spiro atoms. The summed E-state index contributed by atoms with van der Waals surface area (Å²) in [5, 5.41) is 4.08. The van der Waals surface area contributed by atoms with Crippen LogP contribution in [0.3, 0.4) is 0 Å². The molecule has 1 aromatic carbocycles. The van der Waals surface area contributed by atoms with Crippen LogP contribution >= 0.6 is 0 Å². The van der Waals surface area contributed by atoms with Crippen molar-refractivity contribution in [3.8, 4) is 5.69 Å². The molecule has 17 heavy (non-hydrogen) atoms. The van der Waals surface area contributed by atoms with Crippen molar-refractivity contribution in [2.75, 3.05) is 5.73 Å². The summed E-state index contributed by atoms with van der Waals surface area (Å²) >= 11 is 0. The third-order valence-corrected chi connectivity index (χ3v) is 2.61. The van der Waals surface area contributed by atoms with Crippen molar-refractivity contribution in [3.05, 3.63) is 41.6 Å². The largest absolute Gasteiger partial charge is 0.383 e. The van der Waals surface area contributed by atoms with Gasteiger partial charge in [-0.05, 0) is 18.1 Å². The summed E-state index contributed by atoms with van der Waals surface area (Å²) in [6.45, 7) is 3.98. The normalized spacial score (nSPS) is 11.1. The Morgan fingerprint density at radius 1 is 1.24 bits per heavy atom. The first-order valence-corrected chi connectivity index (χ1v) is 5.29. The number of halogens is 2. The first-order chi connectivity index (χ1) is 8.00. The second-order valence-electron chi connectivity index (χ2n) is 4.15. The van der Waals surface area contributed by atoms with Crippen LogP contribution in [-0.2, 0) is 0 Å². The van der Waals surface area contributed by atoms with Crippen LogP contribution in [0.1, 0.15) is 25.3 Å². The summed E-state index contributed by atoms with van der Waals surface area (Å²) in [6, 6.07) is 3.56. The second kappa shape index (κ2) is 4.16. The fourth-order valence-corrected chi connectivity index (χ4v) is 1.64. The van der Waals surface area contributed by atoms with Gasteiger partial charge in [-0.15, -0.1) is 0 Å². The van der Waals surface area contributed by atoms with Gasteiger partial charge in [-0.1, -0.05) is 13.8 Å². The molecule has 3 nitrogen and oxygen atoms in total. The maximum absolute atomic E-state index is 13.1. The number of hydrogen-bond donors (Lipinski definition) is 1. The van der Waals surface area contributed by atoms with Gasteiger partial charge in [-0.25, -0.2) is 13.5 Å². The molecule has 0 fully saturated rings. The minimum atomic E-state index is -0.913. The summed E-state index contributed by atoms with van der Waals surface area (Å²) in [4.78, 5) is 0. The molecular weight excluding hydrogens is 224 g/mol. The van der Waals surface area contributed by atoms with E-state index in [0.29, 0.717) is 11.5 Å². The molecule has 0 amide bonds. The quantitative estimate of drug-likeness (QED) is 0.872. The van der Waals surface area contributed by atoms with Crippen molar-refractivity contribution >= 4 is 5.82 Å². The molecule has 0 aliphatic heterocycles. The van der Waals surface area contributed by atoms with Gasteiger partial charge in [0.2, 0.25) is 0 Å². The zero-order valence-electron chi connectivity index (χ0n) is 9.61.